The number of anilines is 1. The van der Waals surface area contributed by atoms with Crippen LogP contribution < -0.4 is 4.90 Å². The summed E-state index contributed by atoms with van der Waals surface area (Å²) >= 11 is 5.90. The van der Waals surface area contributed by atoms with Gasteiger partial charge in [0.2, 0.25) is 5.91 Å². The first-order valence-electron chi connectivity index (χ1n) is 5.95. The molecule has 1 aliphatic heterocycles. The highest BCUT2D eigenvalue weighted by Crippen LogP contribution is 2.37. The van der Waals surface area contributed by atoms with Gasteiger partial charge in [-0.15, -0.1) is 0 Å². The third-order valence-electron chi connectivity index (χ3n) is 3.25. The fourth-order valence-electron chi connectivity index (χ4n) is 2.36. The van der Waals surface area contributed by atoms with Crippen LogP contribution in [-0.4, -0.2) is 17.4 Å². The average molecular weight is 264 g/mol. The van der Waals surface area contributed by atoms with E-state index in [4.69, 9.17) is 16.9 Å². The lowest BCUT2D eigenvalue weighted by Crippen LogP contribution is -2.35. The topological polar surface area (TPSA) is 57.0 Å². The predicted molar refractivity (Wildman–Crippen MR) is 69.5 cm³/mol. The van der Waals surface area contributed by atoms with E-state index in [0.29, 0.717) is 29.9 Å². The first kappa shape index (κ1) is 12.8. The van der Waals surface area contributed by atoms with E-state index in [-0.39, 0.29) is 5.91 Å². The molecular weight excluding hydrogens is 250 g/mol. The summed E-state index contributed by atoms with van der Waals surface area (Å²) in [7, 11) is 0. The van der Waals surface area contributed by atoms with E-state index >= 15 is 0 Å². The molecule has 0 bridgehead atoms. The lowest BCUT2D eigenvalue weighted by molar-refractivity contribution is -0.116. The van der Waals surface area contributed by atoms with Gasteiger partial charge in [0.15, 0.2) is 0 Å². The van der Waals surface area contributed by atoms with Crippen molar-refractivity contribution in [2.45, 2.75) is 32.1 Å². The summed E-state index contributed by atoms with van der Waals surface area (Å²) in [5.41, 5.74) is 1.02. The molecule has 0 N–H and O–H groups in total. The van der Waals surface area contributed by atoms with Gasteiger partial charge in [0.1, 0.15) is 11.0 Å². The van der Waals surface area contributed by atoms with E-state index in [1.807, 2.05) is 6.07 Å². The van der Waals surface area contributed by atoms with Gasteiger partial charge in [0.05, 0.1) is 6.07 Å². The highest BCUT2D eigenvalue weighted by molar-refractivity contribution is 6.29. The molecule has 1 aromatic heterocycles. The van der Waals surface area contributed by atoms with Crippen LogP contribution >= 0.6 is 11.6 Å². The van der Waals surface area contributed by atoms with Gasteiger partial charge in [-0.3, -0.25) is 9.69 Å². The second-order valence-electron chi connectivity index (χ2n) is 4.40. The van der Waals surface area contributed by atoms with Gasteiger partial charge in [-0.05, 0) is 30.4 Å². The van der Waals surface area contributed by atoms with Crippen LogP contribution in [0.25, 0.3) is 0 Å². The predicted octanol–water partition coefficient (Wildman–Crippen LogP) is 2.88. The number of pyridine rings is 1. The summed E-state index contributed by atoms with van der Waals surface area (Å²) in [5, 5.41) is 9.07. The monoisotopic (exact) mass is 263 g/mol. The lowest BCUT2D eigenvalue weighted by Gasteiger charge is -2.32. The number of amides is 1. The van der Waals surface area contributed by atoms with Crippen LogP contribution in [0.2, 0.25) is 5.15 Å². The van der Waals surface area contributed by atoms with Gasteiger partial charge >= 0.3 is 0 Å². The summed E-state index contributed by atoms with van der Waals surface area (Å²) in [4.78, 5) is 17.5. The quantitative estimate of drug-likeness (QED) is 0.771. The van der Waals surface area contributed by atoms with Crippen LogP contribution in [0.3, 0.4) is 0 Å². The maximum Gasteiger partial charge on any atom is 0.225 e. The smallest absolute Gasteiger partial charge is 0.225 e. The van der Waals surface area contributed by atoms with Crippen molar-refractivity contribution in [1.29, 1.82) is 5.26 Å². The second kappa shape index (κ2) is 5.36. The van der Waals surface area contributed by atoms with Gasteiger partial charge in [0.25, 0.3) is 0 Å². The van der Waals surface area contributed by atoms with Gasteiger partial charge in [-0.25, -0.2) is 4.98 Å². The Hall–Kier alpha value is -1.60. The number of nitrogens with zero attached hydrogens (tertiary/aromatic N) is 3. The van der Waals surface area contributed by atoms with Gasteiger partial charge in [-0.1, -0.05) is 17.7 Å². The van der Waals surface area contributed by atoms with Crippen LogP contribution in [0, 0.1) is 11.3 Å². The summed E-state index contributed by atoms with van der Waals surface area (Å²) in [6.45, 7) is 2.17. The zero-order chi connectivity index (χ0) is 13.1. The number of hydrogen-bond donors (Lipinski definition) is 0. The molecule has 0 saturated heterocycles. The summed E-state index contributed by atoms with van der Waals surface area (Å²) in [6, 6.07) is 5.82. The van der Waals surface area contributed by atoms with Crippen molar-refractivity contribution >= 4 is 23.3 Å². The van der Waals surface area contributed by atoms with Crippen molar-refractivity contribution in [1.82, 2.24) is 4.98 Å². The molecule has 1 aliphatic rings. The lowest BCUT2D eigenvalue weighted by atomic mass is 9.88. The molecule has 0 radical (unpaired) electrons. The van der Waals surface area contributed by atoms with E-state index in [1.165, 1.54) is 6.92 Å². The molecule has 0 spiro atoms. The van der Waals surface area contributed by atoms with Crippen LogP contribution in [0.15, 0.2) is 12.1 Å². The molecule has 1 aromatic rings. The third kappa shape index (κ3) is 2.46. The van der Waals surface area contributed by atoms with Crippen molar-refractivity contribution in [2.75, 3.05) is 11.4 Å². The van der Waals surface area contributed by atoms with E-state index < -0.39 is 0 Å². The molecule has 2 heterocycles. The number of aromatic nitrogens is 1. The fraction of sp³-hybridized carbons (Fsp3) is 0.462. The minimum absolute atomic E-state index is 0.0234. The minimum atomic E-state index is -0.0234. The number of fused-ring (bicyclic) bond motifs is 1. The third-order valence-corrected chi connectivity index (χ3v) is 3.46. The minimum Gasteiger partial charge on any atom is -0.297 e. The number of nitriles is 1. The van der Waals surface area contributed by atoms with Crippen LogP contribution in [0.1, 0.15) is 37.7 Å². The van der Waals surface area contributed by atoms with E-state index in [1.54, 1.807) is 11.0 Å². The number of carbonyl (C=O) groups excluding carboxylic acids is 1. The van der Waals surface area contributed by atoms with Crippen LogP contribution in [-0.2, 0) is 4.79 Å². The Morgan fingerprint density at radius 1 is 1.67 bits per heavy atom. The Morgan fingerprint density at radius 2 is 2.44 bits per heavy atom. The summed E-state index contributed by atoms with van der Waals surface area (Å²) in [6.07, 6.45) is 2.20. The van der Waals surface area contributed by atoms with Crippen LogP contribution in [0.4, 0.5) is 5.82 Å². The molecule has 0 aliphatic carbocycles. The van der Waals surface area contributed by atoms with Crippen molar-refractivity contribution in [3.05, 3.63) is 22.8 Å². The average Bonchev–Trinajstić information content (AvgIpc) is 2.35. The summed E-state index contributed by atoms with van der Waals surface area (Å²) < 4.78 is 0. The Balaban J connectivity index is 2.37. The first-order valence-corrected chi connectivity index (χ1v) is 6.32. The maximum atomic E-state index is 11.6. The Bertz CT molecular complexity index is 509. The largest absolute Gasteiger partial charge is 0.297 e. The van der Waals surface area contributed by atoms with Crippen molar-refractivity contribution in [3.8, 4) is 6.07 Å². The Labute approximate surface area is 111 Å². The number of carbonyl (C=O) groups is 1. The zero-order valence-electron chi connectivity index (χ0n) is 10.2. The highest BCUT2D eigenvalue weighted by atomic mass is 35.5. The van der Waals surface area contributed by atoms with Crippen molar-refractivity contribution in [2.24, 2.45) is 0 Å². The standard InChI is InChI=1S/C13H14ClN3O/c1-9(18)17-8-6-10(3-2-7-15)11-4-5-12(14)16-13(11)17/h4-5,10H,2-3,6,8H2,1H3. The molecule has 94 valence electrons. The van der Waals surface area contributed by atoms with Gasteiger partial charge < -0.3 is 0 Å². The fourth-order valence-corrected chi connectivity index (χ4v) is 2.51. The second-order valence-corrected chi connectivity index (χ2v) is 4.79. The number of halogens is 1. The SMILES string of the molecule is CC(=O)N1CCC(CCC#N)c2ccc(Cl)nc21. The Kier molecular flexibility index (Phi) is 3.83. The molecule has 2 rings (SSSR count). The van der Waals surface area contributed by atoms with E-state index in [0.717, 1.165) is 18.4 Å². The molecule has 0 saturated carbocycles. The van der Waals surface area contributed by atoms with Gasteiger partial charge in [0, 0.05) is 19.9 Å². The van der Waals surface area contributed by atoms with E-state index in [2.05, 4.69) is 11.1 Å². The van der Waals surface area contributed by atoms with Gasteiger partial charge in [-0.2, -0.15) is 5.26 Å². The molecule has 1 unspecified atom stereocenters. The first-order chi connectivity index (χ1) is 8.63. The molecule has 1 atom stereocenters. The molecule has 0 aromatic carbocycles. The normalized spacial score (nSPS) is 18.1. The Morgan fingerprint density at radius 3 is 3.11 bits per heavy atom. The van der Waals surface area contributed by atoms with Crippen molar-refractivity contribution in [3.63, 3.8) is 0 Å². The summed E-state index contributed by atoms with van der Waals surface area (Å²) in [5.74, 6) is 0.925. The number of rotatable bonds is 2. The number of hydrogen-bond acceptors (Lipinski definition) is 3. The van der Waals surface area contributed by atoms with Crippen molar-refractivity contribution < 1.29 is 4.79 Å². The molecule has 1 amide bonds. The van der Waals surface area contributed by atoms with E-state index in [9.17, 15) is 4.79 Å². The van der Waals surface area contributed by atoms with Crippen LogP contribution in [0.5, 0.6) is 0 Å². The molecule has 18 heavy (non-hydrogen) atoms. The molecule has 0 fully saturated rings. The molecular formula is C13H14ClN3O. The molecule has 5 heteroatoms. The maximum absolute atomic E-state index is 11.6. The zero-order valence-corrected chi connectivity index (χ0v) is 10.9. The highest BCUT2D eigenvalue weighted by Gasteiger charge is 2.28. The molecule has 4 nitrogen and oxygen atoms in total.